The molecule has 1 atom stereocenters. The van der Waals surface area contributed by atoms with Crippen molar-refractivity contribution in [3.63, 3.8) is 0 Å². The van der Waals surface area contributed by atoms with E-state index in [1.807, 2.05) is 35.8 Å². The molecule has 2 aromatic rings. The quantitative estimate of drug-likeness (QED) is 0.914. The molecule has 0 amide bonds. The lowest BCUT2D eigenvalue weighted by molar-refractivity contribution is -0.138. The highest BCUT2D eigenvalue weighted by atomic mass is 79.9. The Morgan fingerprint density at radius 1 is 1.53 bits per heavy atom. The zero-order chi connectivity index (χ0) is 12.6. The predicted molar refractivity (Wildman–Crippen MR) is 69.9 cm³/mol. The Balaban J connectivity index is 2.67. The predicted octanol–water partition coefficient (Wildman–Crippen LogP) is 2.51. The van der Waals surface area contributed by atoms with Crippen molar-refractivity contribution in [3.8, 4) is 0 Å². The van der Waals surface area contributed by atoms with Gasteiger partial charge in [0.25, 0.3) is 0 Å². The number of carboxylic acids is 1. The van der Waals surface area contributed by atoms with Crippen LogP contribution in [0.25, 0.3) is 10.9 Å². The molecule has 0 fully saturated rings. The second-order valence-corrected chi connectivity index (χ2v) is 4.75. The van der Waals surface area contributed by atoms with E-state index in [1.54, 1.807) is 0 Å². The van der Waals surface area contributed by atoms with Crippen molar-refractivity contribution < 1.29 is 9.90 Å². The molecule has 0 spiro atoms. The Hall–Kier alpha value is -1.33. The molecule has 0 radical (unpaired) electrons. The van der Waals surface area contributed by atoms with Crippen LogP contribution in [0, 0.1) is 0 Å². The molecule has 2 rings (SSSR count). The lowest BCUT2D eigenvalue weighted by Crippen LogP contribution is -2.23. The van der Waals surface area contributed by atoms with E-state index < -0.39 is 12.0 Å². The molecule has 4 nitrogen and oxygen atoms in total. The number of fused-ring (bicyclic) bond motifs is 1. The van der Waals surface area contributed by atoms with Gasteiger partial charge >= 0.3 is 5.97 Å². The molecule has 1 unspecified atom stereocenters. The summed E-state index contributed by atoms with van der Waals surface area (Å²) in [6.45, 7) is 2.67. The van der Waals surface area contributed by atoms with Crippen LogP contribution in [0.3, 0.4) is 0 Å². The number of halogens is 1. The first-order valence-electron chi connectivity index (χ1n) is 5.31. The number of nitrogens with two attached hydrogens (primary N) is 1. The maximum Gasteiger partial charge on any atom is 0.326 e. The number of aromatic nitrogens is 1. The topological polar surface area (TPSA) is 68.2 Å². The molecular weight excluding hydrogens is 284 g/mol. The van der Waals surface area contributed by atoms with Gasteiger partial charge in [0, 0.05) is 27.6 Å². The van der Waals surface area contributed by atoms with E-state index in [-0.39, 0.29) is 0 Å². The fraction of sp³-hybridized carbons (Fsp3) is 0.250. The normalized spacial score (nSPS) is 12.9. The Morgan fingerprint density at radius 2 is 2.24 bits per heavy atom. The minimum atomic E-state index is -1.01. The minimum Gasteiger partial charge on any atom is -0.480 e. The highest BCUT2D eigenvalue weighted by molar-refractivity contribution is 9.10. The summed E-state index contributed by atoms with van der Waals surface area (Å²) in [6.07, 6.45) is 0. The van der Waals surface area contributed by atoms with Crippen LogP contribution in [0.5, 0.6) is 0 Å². The molecule has 3 N–H and O–H groups in total. The number of benzene rings is 1. The number of aryl methyl sites for hydroxylation is 1. The van der Waals surface area contributed by atoms with Crippen LogP contribution >= 0.6 is 15.9 Å². The van der Waals surface area contributed by atoms with Gasteiger partial charge < -0.3 is 15.4 Å². The molecule has 0 bridgehead atoms. The first-order valence-corrected chi connectivity index (χ1v) is 6.11. The summed E-state index contributed by atoms with van der Waals surface area (Å²) in [5.41, 5.74) is 7.32. The number of nitrogens with zero attached hydrogens (tertiary/aromatic N) is 1. The zero-order valence-electron chi connectivity index (χ0n) is 9.35. The van der Waals surface area contributed by atoms with Gasteiger partial charge in [0.1, 0.15) is 6.04 Å². The molecule has 1 aromatic carbocycles. The van der Waals surface area contributed by atoms with Crippen LogP contribution in [0.4, 0.5) is 0 Å². The van der Waals surface area contributed by atoms with Gasteiger partial charge in [-0.15, -0.1) is 0 Å². The summed E-state index contributed by atoms with van der Waals surface area (Å²) in [4.78, 5) is 11.0. The van der Waals surface area contributed by atoms with Gasteiger partial charge in [-0.2, -0.15) is 0 Å². The monoisotopic (exact) mass is 296 g/mol. The third-order valence-electron chi connectivity index (χ3n) is 2.80. The molecule has 90 valence electrons. The smallest absolute Gasteiger partial charge is 0.326 e. The van der Waals surface area contributed by atoms with Gasteiger partial charge in [-0.1, -0.05) is 15.9 Å². The van der Waals surface area contributed by atoms with Crippen molar-refractivity contribution >= 4 is 32.8 Å². The lowest BCUT2D eigenvalue weighted by Gasteiger charge is -2.11. The van der Waals surface area contributed by atoms with E-state index in [9.17, 15) is 4.79 Å². The van der Waals surface area contributed by atoms with Crippen LogP contribution in [0.1, 0.15) is 18.7 Å². The fourth-order valence-corrected chi connectivity index (χ4v) is 2.38. The van der Waals surface area contributed by atoms with E-state index in [2.05, 4.69) is 15.9 Å². The Kier molecular flexibility index (Phi) is 3.22. The summed E-state index contributed by atoms with van der Waals surface area (Å²) in [5.74, 6) is -1.01. The van der Waals surface area contributed by atoms with Gasteiger partial charge in [0.05, 0.1) is 0 Å². The molecule has 0 saturated carbocycles. The average molecular weight is 297 g/mol. The summed E-state index contributed by atoms with van der Waals surface area (Å²) in [7, 11) is 0. The number of carbonyl (C=O) groups is 1. The molecule has 5 heteroatoms. The van der Waals surface area contributed by atoms with E-state index in [1.165, 1.54) is 0 Å². The molecule has 1 aromatic heterocycles. The van der Waals surface area contributed by atoms with Crippen molar-refractivity contribution in [3.05, 3.63) is 34.4 Å². The fourth-order valence-electron chi connectivity index (χ4n) is 2.00. The SMILES string of the molecule is CCn1c(C(N)C(=O)O)cc2cc(Br)ccc21. The van der Waals surface area contributed by atoms with Crippen LogP contribution < -0.4 is 5.73 Å². The number of hydrogen-bond acceptors (Lipinski definition) is 2. The van der Waals surface area contributed by atoms with Crippen molar-refractivity contribution in [2.75, 3.05) is 0 Å². The van der Waals surface area contributed by atoms with Crippen LogP contribution in [0.15, 0.2) is 28.7 Å². The van der Waals surface area contributed by atoms with Gasteiger partial charge in [-0.3, -0.25) is 4.79 Å². The molecule has 1 heterocycles. The van der Waals surface area contributed by atoms with Gasteiger partial charge in [-0.05, 0) is 31.2 Å². The van der Waals surface area contributed by atoms with Crippen molar-refractivity contribution in [2.45, 2.75) is 19.5 Å². The van der Waals surface area contributed by atoms with E-state index in [0.29, 0.717) is 12.2 Å². The zero-order valence-corrected chi connectivity index (χ0v) is 10.9. The number of rotatable bonds is 3. The third-order valence-corrected chi connectivity index (χ3v) is 3.29. The Labute approximate surface area is 107 Å². The van der Waals surface area contributed by atoms with Gasteiger partial charge in [-0.25, -0.2) is 0 Å². The molecule has 0 aliphatic heterocycles. The van der Waals surface area contributed by atoms with Crippen molar-refractivity contribution in [1.82, 2.24) is 4.57 Å². The molecule has 0 aliphatic carbocycles. The van der Waals surface area contributed by atoms with E-state index in [4.69, 9.17) is 10.8 Å². The maximum absolute atomic E-state index is 11.0. The Morgan fingerprint density at radius 3 is 2.82 bits per heavy atom. The second-order valence-electron chi connectivity index (χ2n) is 3.83. The molecular formula is C12H13BrN2O2. The second kappa shape index (κ2) is 4.50. The minimum absolute atomic E-state index is 0.633. The number of carboxylic acid groups (broad SMARTS) is 1. The van der Waals surface area contributed by atoms with Crippen molar-refractivity contribution in [2.24, 2.45) is 5.73 Å². The summed E-state index contributed by atoms with van der Waals surface area (Å²) in [5, 5.41) is 9.98. The largest absolute Gasteiger partial charge is 0.480 e. The molecule has 0 saturated heterocycles. The summed E-state index contributed by atoms with van der Waals surface area (Å²) < 4.78 is 2.90. The molecule has 17 heavy (non-hydrogen) atoms. The third kappa shape index (κ3) is 2.08. The summed E-state index contributed by atoms with van der Waals surface area (Å²) in [6, 6.07) is 6.70. The highest BCUT2D eigenvalue weighted by Gasteiger charge is 2.20. The van der Waals surface area contributed by atoms with E-state index in [0.717, 1.165) is 15.4 Å². The van der Waals surface area contributed by atoms with Gasteiger partial charge in [0.15, 0.2) is 0 Å². The Bertz CT molecular complexity index is 577. The van der Waals surface area contributed by atoms with Crippen molar-refractivity contribution in [1.29, 1.82) is 0 Å². The number of aliphatic carboxylic acids is 1. The lowest BCUT2D eigenvalue weighted by atomic mass is 10.2. The standard InChI is InChI=1S/C12H13BrN2O2/c1-2-15-9-4-3-8(13)5-7(9)6-10(15)11(14)12(16)17/h3-6,11H,2,14H2,1H3,(H,16,17). The highest BCUT2D eigenvalue weighted by Crippen LogP contribution is 2.26. The van der Waals surface area contributed by atoms with Crippen LogP contribution in [-0.4, -0.2) is 15.6 Å². The van der Waals surface area contributed by atoms with Crippen LogP contribution in [0.2, 0.25) is 0 Å². The van der Waals surface area contributed by atoms with E-state index >= 15 is 0 Å². The number of hydrogen-bond donors (Lipinski definition) is 2. The molecule has 0 aliphatic rings. The van der Waals surface area contributed by atoms with Gasteiger partial charge in [0.2, 0.25) is 0 Å². The first kappa shape index (κ1) is 12.1. The summed E-state index contributed by atoms with van der Waals surface area (Å²) >= 11 is 3.40. The maximum atomic E-state index is 11.0. The first-order chi connectivity index (χ1) is 8.04. The van der Waals surface area contributed by atoms with Crippen LogP contribution in [-0.2, 0) is 11.3 Å². The average Bonchev–Trinajstić information content (AvgIpc) is 2.64.